The van der Waals surface area contributed by atoms with E-state index in [2.05, 4.69) is 12.1 Å². The van der Waals surface area contributed by atoms with E-state index in [0.717, 1.165) is 16.7 Å². The number of nitrogens with zero attached hydrogens (tertiary/aromatic N) is 1. The van der Waals surface area contributed by atoms with Crippen LogP contribution in [0.15, 0.2) is 54.6 Å². The van der Waals surface area contributed by atoms with Crippen LogP contribution in [0.1, 0.15) is 24.2 Å². The van der Waals surface area contributed by atoms with E-state index in [0.29, 0.717) is 26.3 Å². The maximum Gasteiger partial charge on any atom is 0.253 e. The van der Waals surface area contributed by atoms with Gasteiger partial charge in [0.05, 0.1) is 18.6 Å². The minimum Gasteiger partial charge on any atom is -0.350 e. The fraction of sp³-hybridized carbons (Fsp3) is 0.381. The zero-order valence-corrected chi connectivity index (χ0v) is 14.7. The van der Waals surface area contributed by atoms with Gasteiger partial charge in [0.15, 0.2) is 5.79 Å². The van der Waals surface area contributed by atoms with Gasteiger partial charge in [0.1, 0.15) is 0 Å². The fourth-order valence-electron chi connectivity index (χ4n) is 3.45. The first kappa shape index (κ1) is 16.3. The first-order valence-corrected chi connectivity index (χ1v) is 8.69. The van der Waals surface area contributed by atoms with Gasteiger partial charge in [-0.05, 0) is 37.1 Å². The smallest absolute Gasteiger partial charge is 0.253 e. The molecule has 2 fully saturated rings. The van der Waals surface area contributed by atoms with E-state index >= 15 is 0 Å². The first-order chi connectivity index (χ1) is 12.0. The molecule has 2 aliphatic rings. The van der Waals surface area contributed by atoms with Crippen LogP contribution in [0, 0.1) is 5.41 Å². The monoisotopic (exact) mass is 337 g/mol. The Morgan fingerprint density at radius 1 is 0.880 bits per heavy atom. The molecule has 130 valence electrons. The number of hydrogen-bond acceptors (Lipinski definition) is 3. The summed E-state index contributed by atoms with van der Waals surface area (Å²) in [7, 11) is 0. The maximum absolute atomic E-state index is 12.7. The van der Waals surface area contributed by atoms with Crippen molar-refractivity contribution in [3.8, 4) is 11.1 Å². The van der Waals surface area contributed by atoms with Crippen LogP contribution in [-0.2, 0) is 9.47 Å². The Balaban J connectivity index is 1.40. The van der Waals surface area contributed by atoms with Gasteiger partial charge in [0, 0.05) is 18.7 Å². The van der Waals surface area contributed by atoms with Gasteiger partial charge in [-0.25, -0.2) is 0 Å². The number of ether oxygens (including phenoxy) is 2. The summed E-state index contributed by atoms with van der Waals surface area (Å²) in [6.07, 6.45) is 0. The zero-order chi connectivity index (χ0) is 17.5. The molecule has 4 heteroatoms. The molecule has 0 aromatic heterocycles. The molecular weight excluding hydrogens is 314 g/mol. The Morgan fingerprint density at radius 3 is 2.04 bits per heavy atom. The summed E-state index contributed by atoms with van der Waals surface area (Å²) in [4.78, 5) is 14.5. The van der Waals surface area contributed by atoms with Crippen molar-refractivity contribution >= 4 is 5.91 Å². The third kappa shape index (κ3) is 3.20. The van der Waals surface area contributed by atoms with Gasteiger partial charge < -0.3 is 14.4 Å². The number of hydrogen-bond donors (Lipinski definition) is 0. The summed E-state index contributed by atoms with van der Waals surface area (Å²) in [5.41, 5.74) is 2.97. The third-order valence-corrected chi connectivity index (χ3v) is 5.03. The molecule has 0 bridgehead atoms. The molecule has 4 rings (SSSR count). The number of likely N-dealkylation sites (tertiary alicyclic amines) is 1. The normalized spacial score (nSPS) is 21.0. The Morgan fingerprint density at radius 2 is 1.44 bits per heavy atom. The van der Waals surface area contributed by atoms with Crippen LogP contribution in [0.4, 0.5) is 0 Å². The molecule has 2 saturated heterocycles. The van der Waals surface area contributed by atoms with Crippen molar-refractivity contribution in [2.24, 2.45) is 5.41 Å². The quantitative estimate of drug-likeness (QED) is 0.841. The average Bonchev–Trinajstić information content (AvgIpc) is 2.61. The second-order valence-electron chi connectivity index (χ2n) is 7.58. The lowest BCUT2D eigenvalue weighted by Gasteiger charge is -2.54. The molecule has 2 heterocycles. The van der Waals surface area contributed by atoms with Crippen LogP contribution >= 0.6 is 0 Å². The Hall–Kier alpha value is -2.17. The summed E-state index contributed by atoms with van der Waals surface area (Å²) in [6, 6.07) is 18.0. The van der Waals surface area contributed by atoms with Crippen molar-refractivity contribution in [2.45, 2.75) is 19.6 Å². The van der Waals surface area contributed by atoms with Gasteiger partial charge in [-0.3, -0.25) is 4.79 Å². The Labute approximate surface area is 148 Å². The van der Waals surface area contributed by atoms with Gasteiger partial charge in [-0.1, -0.05) is 42.5 Å². The van der Waals surface area contributed by atoms with E-state index in [1.54, 1.807) is 0 Å². The van der Waals surface area contributed by atoms with E-state index in [4.69, 9.17) is 9.47 Å². The van der Waals surface area contributed by atoms with Crippen molar-refractivity contribution in [1.29, 1.82) is 0 Å². The van der Waals surface area contributed by atoms with Crippen LogP contribution in [-0.4, -0.2) is 42.9 Å². The van der Waals surface area contributed by atoms with Crippen molar-refractivity contribution in [1.82, 2.24) is 4.90 Å². The van der Waals surface area contributed by atoms with Gasteiger partial charge in [0.25, 0.3) is 5.91 Å². The minimum absolute atomic E-state index is 0.0326. The molecule has 0 radical (unpaired) electrons. The number of rotatable bonds is 2. The molecule has 0 unspecified atom stereocenters. The van der Waals surface area contributed by atoms with Crippen LogP contribution in [0.25, 0.3) is 11.1 Å². The molecule has 1 amide bonds. The number of benzene rings is 2. The number of carbonyl (C=O) groups excluding carboxylic acids is 1. The number of carbonyl (C=O) groups is 1. The second-order valence-corrected chi connectivity index (χ2v) is 7.58. The number of amides is 1. The predicted octanol–water partition coefficient (Wildman–Crippen LogP) is 3.58. The third-order valence-electron chi connectivity index (χ3n) is 5.03. The lowest BCUT2D eigenvalue weighted by molar-refractivity contribution is -0.301. The summed E-state index contributed by atoms with van der Waals surface area (Å²) < 4.78 is 11.5. The largest absolute Gasteiger partial charge is 0.350 e. The molecule has 25 heavy (non-hydrogen) atoms. The van der Waals surface area contributed by atoms with Gasteiger partial charge in [-0.2, -0.15) is 0 Å². The fourth-order valence-corrected chi connectivity index (χ4v) is 3.45. The lowest BCUT2D eigenvalue weighted by atomic mass is 9.80. The van der Waals surface area contributed by atoms with E-state index < -0.39 is 5.79 Å². The molecule has 0 aliphatic carbocycles. The van der Waals surface area contributed by atoms with Gasteiger partial charge in [-0.15, -0.1) is 0 Å². The highest BCUT2D eigenvalue weighted by Crippen LogP contribution is 2.38. The second kappa shape index (κ2) is 5.97. The zero-order valence-electron chi connectivity index (χ0n) is 14.7. The summed E-state index contributed by atoms with van der Waals surface area (Å²) in [5, 5.41) is 0. The van der Waals surface area contributed by atoms with E-state index in [1.165, 1.54) is 0 Å². The minimum atomic E-state index is -0.511. The highest BCUT2D eigenvalue weighted by molar-refractivity contribution is 5.95. The van der Waals surface area contributed by atoms with E-state index in [1.807, 2.05) is 61.2 Å². The molecule has 4 nitrogen and oxygen atoms in total. The summed E-state index contributed by atoms with van der Waals surface area (Å²) in [6.45, 7) is 6.55. The van der Waals surface area contributed by atoms with E-state index in [-0.39, 0.29) is 11.3 Å². The maximum atomic E-state index is 12.7. The summed E-state index contributed by atoms with van der Waals surface area (Å²) >= 11 is 0. The van der Waals surface area contributed by atoms with Crippen LogP contribution < -0.4 is 0 Å². The SMILES string of the molecule is CC1(C)OCC2(CO1)CN(C(=O)c1ccc(-c3ccccc3)cc1)C2. The highest BCUT2D eigenvalue weighted by atomic mass is 16.7. The molecular formula is C21H23NO3. The first-order valence-electron chi connectivity index (χ1n) is 8.69. The molecule has 0 saturated carbocycles. The van der Waals surface area contributed by atoms with Gasteiger partial charge >= 0.3 is 0 Å². The van der Waals surface area contributed by atoms with Gasteiger partial charge in [0.2, 0.25) is 0 Å². The summed E-state index contributed by atoms with van der Waals surface area (Å²) in [5.74, 6) is -0.432. The molecule has 1 spiro atoms. The lowest BCUT2D eigenvalue weighted by Crippen LogP contribution is -2.65. The Bertz CT molecular complexity index is 749. The molecule has 2 aliphatic heterocycles. The van der Waals surface area contributed by atoms with Crippen molar-refractivity contribution < 1.29 is 14.3 Å². The predicted molar refractivity (Wildman–Crippen MR) is 96.2 cm³/mol. The molecule has 2 aromatic rings. The molecule has 0 N–H and O–H groups in total. The van der Waals surface area contributed by atoms with Crippen LogP contribution in [0.5, 0.6) is 0 Å². The van der Waals surface area contributed by atoms with E-state index in [9.17, 15) is 4.79 Å². The van der Waals surface area contributed by atoms with Crippen molar-refractivity contribution in [3.63, 3.8) is 0 Å². The molecule has 0 atom stereocenters. The standard InChI is InChI=1S/C21H23NO3/c1-20(2)24-14-21(15-25-20)12-22(13-21)19(23)18-10-8-17(9-11-18)16-6-4-3-5-7-16/h3-11H,12-15H2,1-2H3. The highest BCUT2D eigenvalue weighted by Gasteiger charge is 2.50. The average molecular weight is 337 g/mol. The van der Waals surface area contributed by atoms with Crippen molar-refractivity contribution in [3.05, 3.63) is 60.2 Å². The molecule has 2 aromatic carbocycles. The van der Waals surface area contributed by atoms with Crippen LogP contribution in [0.3, 0.4) is 0 Å². The van der Waals surface area contributed by atoms with Crippen LogP contribution in [0.2, 0.25) is 0 Å². The van der Waals surface area contributed by atoms with Crippen molar-refractivity contribution in [2.75, 3.05) is 26.3 Å². The Kier molecular flexibility index (Phi) is 3.89. The topological polar surface area (TPSA) is 38.8 Å².